The van der Waals surface area contributed by atoms with E-state index in [4.69, 9.17) is 33.2 Å². The SMILES string of the molecule is CC(=O)O[C@H]1O[C@H](COCc2ccccc2)[C@H](OC(=O)OC(C)(C)C)[C@H](OCc2ccccc2)[C@H]1OCc1ccccc1. The van der Waals surface area contributed by atoms with Crippen LogP contribution in [0.2, 0.25) is 0 Å². The summed E-state index contributed by atoms with van der Waals surface area (Å²) in [5.41, 5.74) is 1.95. The van der Waals surface area contributed by atoms with Crippen LogP contribution in [-0.4, -0.2) is 55.0 Å². The normalized spacial score (nSPS) is 22.0. The highest BCUT2D eigenvalue weighted by molar-refractivity contribution is 5.66. The average Bonchev–Trinajstić information content (AvgIpc) is 2.97. The topological polar surface area (TPSA) is 98.8 Å². The predicted molar refractivity (Wildman–Crippen MR) is 158 cm³/mol. The molecular formula is C34H40O9. The first-order valence-corrected chi connectivity index (χ1v) is 14.3. The summed E-state index contributed by atoms with van der Waals surface area (Å²) >= 11 is 0. The first-order valence-electron chi connectivity index (χ1n) is 14.3. The minimum absolute atomic E-state index is 0.0106. The van der Waals surface area contributed by atoms with E-state index in [0.29, 0.717) is 6.61 Å². The van der Waals surface area contributed by atoms with Gasteiger partial charge in [0.2, 0.25) is 6.29 Å². The smallest absolute Gasteiger partial charge is 0.433 e. The molecule has 0 amide bonds. The second kappa shape index (κ2) is 15.6. The molecule has 0 radical (unpaired) electrons. The van der Waals surface area contributed by atoms with Crippen molar-refractivity contribution in [3.05, 3.63) is 108 Å². The molecule has 1 fully saturated rings. The molecule has 43 heavy (non-hydrogen) atoms. The summed E-state index contributed by atoms with van der Waals surface area (Å²) in [6.45, 7) is 7.19. The van der Waals surface area contributed by atoms with E-state index in [-0.39, 0.29) is 19.8 Å². The van der Waals surface area contributed by atoms with Crippen molar-refractivity contribution < 1.29 is 42.7 Å². The van der Waals surface area contributed by atoms with Gasteiger partial charge in [0.25, 0.3) is 0 Å². The Balaban J connectivity index is 1.64. The van der Waals surface area contributed by atoms with Crippen molar-refractivity contribution in [1.29, 1.82) is 0 Å². The quantitative estimate of drug-likeness (QED) is 0.235. The highest BCUT2D eigenvalue weighted by Crippen LogP contribution is 2.31. The van der Waals surface area contributed by atoms with Crippen LogP contribution in [0.15, 0.2) is 91.0 Å². The van der Waals surface area contributed by atoms with Gasteiger partial charge in [0.15, 0.2) is 12.2 Å². The van der Waals surface area contributed by atoms with Crippen LogP contribution in [0.4, 0.5) is 4.79 Å². The Morgan fingerprint density at radius 2 is 1.16 bits per heavy atom. The summed E-state index contributed by atoms with van der Waals surface area (Å²) in [6, 6.07) is 28.8. The highest BCUT2D eigenvalue weighted by Gasteiger charge is 2.51. The van der Waals surface area contributed by atoms with E-state index in [1.54, 1.807) is 20.8 Å². The van der Waals surface area contributed by atoms with Crippen LogP contribution in [-0.2, 0) is 57.8 Å². The van der Waals surface area contributed by atoms with E-state index in [2.05, 4.69) is 0 Å². The van der Waals surface area contributed by atoms with Crippen LogP contribution in [0.3, 0.4) is 0 Å². The standard InChI is InChI=1S/C34H40O9/c1-24(35)40-32-31(39-22-27-18-12-7-13-19-27)30(38-21-26-16-10-6-11-17-26)29(42-33(36)43-34(2,3)4)28(41-32)23-37-20-25-14-8-5-9-15-25/h5-19,28-32H,20-23H2,1-4H3/t28-,29+,30+,31-,32+/m1/s1. The minimum atomic E-state index is -1.16. The van der Waals surface area contributed by atoms with E-state index >= 15 is 0 Å². The number of hydrogen-bond acceptors (Lipinski definition) is 9. The number of benzene rings is 3. The van der Waals surface area contributed by atoms with Crippen molar-refractivity contribution >= 4 is 12.1 Å². The largest absolute Gasteiger partial charge is 0.509 e. The Labute approximate surface area is 252 Å². The fourth-order valence-electron chi connectivity index (χ4n) is 4.56. The predicted octanol–water partition coefficient (Wildman–Crippen LogP) is 5.98. The van der Waals surface area contributed by atoms with Gasteiger partial charge in [0, 0.05) is 6.92 Å². The van der Waals surface area contributed by atoms with Crippen molar-refractivity contribution in [2.24, 2.45) is 0 Å². The summed E-state index contributed by atoms with van der Waals surface area (Å²) in [5.74, 6) is -0.560. The molecule has 4 rings (SSSR count). The molecule has 1 saturated heterocycles. The maximum atomic E-state index is 13.0. The molecule has 0 aromatic heterocycles. The molecule has 0 aliphatic carbocycles. The fourth-order valence-corrected chi connectivity index (χ4v) is 4.56. The molecule has 230 valence electrons. The maximum Gasteiger partial charge on any atom is 0.509 e. The first-order chi connectivity index (χ1) is 20.7. The molecule has 0 unspecified atom stereocenters. The van der Waals surface area contributed by atoms with E-state index in [1.807, 2.05) is 91.0 Å². The Morgan fingerprint density at radius 3 is 1.65 bits per heavy atom. The molecule has 1 aliphatic heterocycles. The molecule has 3 aromatic carbocycles. The van der Waals surface area contributed by atoms with Gasteiger partial charge >= 0.3 is 12.1 Å². The first kappa shape index (κ1) is 32.2. The summed E-state index contributed by atoms with van der Waals surface area (Å²) in [5, 5.41) is 0. The summed E-state index contributed by atoms with van der Waals surface area (Å²) < 4.78 is 42.0. The highest BCUT2D eigenvalue weighted by atomic mass is 16.8. The zero-order valence-electron chi connectivity index (χ0n) is 25.0. The van der Waals surface area contributed by atoms with E-state index in [1.165, 1.54) is 6.92 Å². The maximum absolute atomic E-state index is 13.0. The second-order valence-electron chi connectivity index (χ2n) is 11.2. The lowest BCUT2D eigenvalue weighted by atomic mass is 9.98. The molecule has 1 aliphatic rings. The van der Waals surface area contributed by atoms with Crippen molar-refractivity contribution in [2.45, 2.75) is 83.8 Å². The van der Waals surface area contributed by atoms with E-state index in [9.17, 15) is 9.59 Å². The van der Waals surface area contributed by atoms with Crippen LogP contribution in [0.25, 0.3) is 0 Å². The van der Waals surface area contributed by atoms with Gasteiger partial charge in [-0.1, -0.05) is 91.0 Å². The monoisotopic (exact) mass is 592 g/mol. The lowest BCUT2D eigenvalue weighted by Crippen LogP contribution is -2.62. The lowest BCUT2D eigenvalue weighted by Gasteiger charge is -2.44. The molecule has 0 bridgehead atoms. The zero-order valence-corrected chi connectivity index (χ0v) is 25.0. The lowest BCUT2D eigenvalue weighted by molar-refractivity contribution is -0.314. The molecule has 9 nitrogen and oxygen atoms in total. The Bertz CT molecular complexity index is 1260. The number of rotatable bonds is 12. The minimum Gasteiger partial charge on any atom is -0.433 e. The van der Waals surface area contributed by atoms with Gasteiger partial charge in [-0.2, -0.15) is 0 Å². The molecule has 1 heterocycles. The summed E-state index contributed by atoms with van der Waals surface area (Å²) in [7, 11) is 0. The Hall–Kier alpha value is -3.76. The van der Waals surface area contributed by atoms with Crippen LogP contribution in [0.5, 0.6) is 0 Å². The molecule has 0 N–H and O–H groups in total. The number of esters is 1. The van der Waals surface area contributed by atoms with Gasteiger partial charge in [0.1, 0.15) is 17.8 Å². The van der Waals surface area contributed by atoms with Crippen molar-refractivity contribution in [3.63, 3.8) is 0 Å². The van der Waals surface area contributed by atoms with Crippen molar-refractivity contribution in [2.75, 3.05) is 6.61 Å². The fraction of sp³-hybridized carbons (Fsp3) is 0.412. The van der Waals surface area contributed by atoms with Gasteiger partial charge in [-0.3, -0.25) is 4.79 Å². The summed E-state index contributed by atoms with van der Waals surface area (Å²) in [6.07, 6.45) is -5.83. The number of ether oxygens (including phenoxy) is 7. The van der Waals surface area contributed by atoms with Gasteiger partial charge in [-0.25, -0.2) is 4.79 Å². The Kier molecular flexibility index (Phi) is 11.7. The molecule has 0 saturated carbocycles. The second-order valence-corrected chi connectivity index (χ2v) is 11.2. The van der Waals surface area contributed by atoms with Crippen LogP contribution >= 0.6 is 0 Å². The van der Waals surface area contributed by atoms with Crippen molar-refractivity contribution in [3.8, 4) is 0 Å². The molecule has 0 spiro atoms. The third-order valence-electron chi connectivity index (χ3n) is 6.46. The number of carbonyl (C=O) groups is 2. The zero-order chi connectivity index (χ0) is 30.7. The third kappa shape index (κ3) is 10.5. The third-order valence-corrected chi connectivity index (χ3v) is 6.46. The Morgan fingerprint density at radius 1 is 0.674 bits per heavy atom. The summed E-state index contributed by atoms with van der Waals surface area (Å²) in [4.78, 5) is 25.2. The van der Waals surface area contributed by atoms with Gasteiger partial charge in [0.05, 0.1) is 26.4 Å². The van der Waals surface area contributed by atoms with Crippen LogP contribution in [0, 0.1) is 0 Å². The van der Waals surface area contributed by atoms with Crippen molar-refractivity contribution in [1.82, 2.24) is 0 Å². The number of hydrogen-bond donors (Lipinski definition) is 0. The van der Waals surface area contributed by atoms with Crippen LogP contribution in [0.1, 0.15) is 44.4 Å². The molecule has 5 atom stereocenters. The van der Waals surface area contributed by atoms with Gasteiger partial charge in [-0.05, 0) is 37.5 Å². The van der Waals surface area contributed by atoms with Gasteiger partial charge in [-0.15, -0.1) is 0 Å². The van der Waals surface area contributed by atoms with E-state index in [0.717, 1.165) is 16.7 Å². The van der Waals surface area contributed by atoms with Gasteiger partial charge < -0.3 is 33.2 Å². The van der Waals surface area contributed by atoms with E-state index < -0.39 is 48.4 Å². The molecule has 3 aromatic rings. The number of carbonyl (C=O) groups excluding carboxylic acids is 2. The van der Waals surface area contributed by atoms with Crippen LogP contribution < -0.4 is 0 Å². The molecular weight excluding hydrogens is 552 g/mol. The molecule has 9 heteroatoms. The average molecular weight is 593 g/mol.